The summed E-state index contributed by atoms with van der Waals surface area (Å²) in [6.07, 6.45) is 1.91. The maximum absolute atomic E-state index is 12.4. The van der Waals surface area contributed by atoms with Crippen LogP contribution in [-0.2, 0) is 6.42 Å². The van der Waals surface area contributed by atoms with E-state index in [1.807, 2.05) is 38.4 Å². The molecule has 0 bridgehead atoms. The van der Waals surface area contributed by atoms with E-state index in [4.69, 9.17) is 0 Å². The maximum Gasteiger partial charge on any atom is 0.251 e. The first-order valence-electron chi connectivity index (χ1n) is 10.3. The van der Waals surface area contributed by atoms with Crippen molar-refractivity contribution in [3.8, 4) is 16.9 Å². The lowest BCUT2D eigenvalue weighted by molar-refractivity contribution is 0.0952. The number of aromatic nitrogens is 1. The van der Waals surface area contributed by atoms with Crippen molar-refractivity contribution < 1.29 is 4.79 Å². The molecule has 0 spiro atoms. The molecule has 1 N–H and O–H groups in total. The van der Waals surface area contributed by atoms with Crippen molar-refractivity contribution >= 4 is 5.91 Å². The molecule has 4 heteroatoms. The van der Waals surface area contributed by atoms with Crippen LogP contribution < -0.4 is 5.32 Å². The summed E-state index contributed by atoms with van der Waals surface area (Å²) in [7, 11) is 4.08. The topological polar surface area (TPSA) is 37.3 Å². The third kappa shape index (κ3) is 4.96. The molecule has 0 unspecified atom stereocenters. The number of rotatable bonds is 8. The summed E-state index contributed by atoms with van der Waals surface area (Å²) in [4.78, 5) is 14.5. The number of benzene rings is 2. The summed E-state index contributed by atoms with van der Waals surface area (Å²) >= 11 is 0. The average Bonchev–Trinajstić information content (AvgIpc) is 3.15. The molecule has 152 valence electrons. The lowest BCUT2D eigenvalue weighted by Gasteiger charge is -2.16. The molecule has 4 nitrogen and oxygen atoms in total. The van der Waals surface area contributed by atoms with E-state index in [9.17, 15) is 4.79 Å². The highest BCUT2D eigenvalue weighted by molar-refractivity contribution is 5.94. The highest BCUT2D eigenvalue weighted by Gasteiger charge is 2.13. The van der Waals surface area contributed by atoms with Crippen LogP contribution in [0.5, 0.6) is 0 Å². The smallest absolute Gasteiger partial charge is 0.251 e. The molecular weight excluding hydrogens is 358 g/mol. The number of amides is 1. The van der Waals surface area contributed by atoms with Crippen molar-refractivity contribution in [2.75, 3.05) is 27.2 Å². The second-order valence-electron chi connectivity index (χ2n) is 7.68. The van der Waals surface area contributed by atoms with Crippen molar-refractivity contribution in [1.82, 2.24) is 14.8 Å². The normalized spacial score (nSPS) is 11.1. The van der Waals surface area contributed by atoms with Crippen LogP contribution in [0.25, 0.3) is 16.9 Å². The van der Waals surface area contributed by atoms with Crippen LogP contribution in [0.4, 0.5) is 0 Å². The Kier molecular flexibility index (Phi) is 6.89. The molecule has 1 aromatic heterocycles. The van der Waals surface area contributed by atoms with Crippen molar-refractivity contribution in [3.05, 3.63) is 77.5 Å². The molecule has 29 heavy (non-hydrogen) atoms. The zero-order valence-electron chi connectivity index (χ0n) is 17.9. The van der Waals surface area contributed by atoms with Gasteiger partial charge in [-0.2, -0.15) is 0 Å². The molecule has 2 aromatic carbocycles. The Morgan fingerprint density at radius 1 is 1.00 bits per heavy atom. The van der Waals surface area contributed by atoms with Gasteiger partial charge in [0.05, 0.1) is 5.69 Å². The molecule has 0 fully saturated rings. The largest absolute Gasteiger partial charge is 0.352 e. The first-order valence-corrected chi connectivity index (χ1v) is 10.3. The van der Waals surface area contributed by atoms with Crippen molar-refractivity contribution in [2.24, 2.45) is 0 Å². The minimum absolute atomic E-state index is 0.0150. The zero-order chi connectivity index (χ0) is 20.8. The van der Waals surface area contributed by atoms with Gasteiger partial charge in [-0.1, -0.05) is 37.3 Å². The summed E-state index contributed by atoms with van der Waals surface area (Å²) in [6, 6.07) is 20.7. The first-order chi connectivity index (χ1) is 14.0. The summed E-state index contributed by atoms with van der Waals surface area (Å²) in [5.74, 6) is -0.0150. The molecule has 1 heterocycles. The molecule has 0 aliphatic rings. The quantitative estimate of drug-likeness (QED) is 0.567. The van der Waals surface area contributed by atoms with Crippen LogP contribution in [0.3, 0.4) is 0 Å². The van der Waals surface area contributed by atoms with Crippen molar-refractivity contribution in [2.45, 2.75) is 26.7 Å². The molecule has 0 aliphatic heterocycles. The molecule has 0 aliphatic carbocycles. The van der Waals surface area contributed by atoms with Gasteiger partial charge in [-0.15, -0.1) is 0 Å². The van der Waals surface area contributed by atoms with Crippen LogP contribution in [0.1, 0.15) is 35.0 Å². The van der Waals surface area contributed by atoms with E-state index in [2.05, 4.69) is 65.0 Å². The van der Waals surface area contributed by atoms with Crippen molar-refractivity contribution in [3.63, 3.8) is 0 Å². The van der Waals surface area contributed by atoms with Gasteiger partial charge in [0, 0.05) is 23.5 Å². The lowest BCUT2D eigenvalue weighted by Crippen LogP contribution is -2.27. The number of carbonyl (C=O) groups is 1. The van der Waals surface area contributed by atoms with Gasteiger partial charge >= 0.3 is 0 Å². The predicted molar refractivity (Wildman–Crippen MR) is 121 cm³/mol. The maximum atomic E-state index is 12.4. The molecule has 3 aromatic rings. The molecule has 0 atom stereocenters. The Balaban J connectivity index is 1.81. The standard InChI is InChI=1S/C25H31N3O/c1-5-22-15-16-24(28(22)23-10-7-6-9-19(23)2)20-11-13-21(14-12-20)25(29)26-17-8-18-27(3)4/h6-7,9-16H,5,8,17-18H2,1-4H3,(H,26,29). The van der Waals surface area contributed by atoms with Gasteiger partial charge in [0.2, 0.25) is 0 Å². The van der Waals surface area contributed by atoms with E-state index in [1.165, 1.54) is 16.9 Å². The molecule has 0 radical (unpaired) electrons. The van der Waals surface area contributed by atoms with Gasteiger partial charge in [0.1, 0.15) is 0 Å². The molecule has 0 saturated heterocycles. The van der Waals surface area contributed by atoms with Crippen LogP contribution in [0.2, 0.25) is 0 Å². The zero-order valence-corrected chi connectivity index (χ0v) is 17.9. The molecular formula is C25H31N3O. The van der Waals surface area contributed by atoms with Gasteiger partial charge in [-0.3, -0.25) is 4.79 Å². The van der Waals surface area contributed by atoms with Crippen molar-refractivity contribution in [1.29, 1.82) is 0 Å². The SMILES string of the molecule is CCc1ccc(-c2ccc(C(=O)NCCCN(C)C)cc2)n1-c1ccccc1C. The van der Waals surface area contributed by atoms with Gasteiger partial charge < -0.3 is 14.8 Å². The number of para-hydroxylation sites is 1. The molecule has 1 amide bonds. The number of hydrogen-bond acceptors (Lipinski definition) is 2. The van der Waals surface area contributed by atoms with Crippen LogP contribution in [0, 0.1) is 6.92 Å². The lowest BCUT2D eigenvalue weighted by atomic mass is 10.1. The number of nitrogens with zero attached hydrogens (tertiary/aromatic N) is 2. The minimum atomic E-state index is -0.0150. The average molecular weight is 390 g/mol. The van der Waals surface area contributed by atoms with E-state index < -0.39 is 0 Å². The summed E-state index contributed by atoms with van der Waals surface area (Å²) < 4.78 is 2.33. The Labute approximate surface area is 174 Å². The van der Waals surface area contributed by atoms with Crippen LogP contribution >= 0.6 is 0 Å². The monoisotopic (exact) mass is 389 g/mol. The Morgan fingerprint density at radius 2 is 1.72 bits per heavy atom. The van der Waals surface area contributed by atoms with E-state index >= 15 is 0 Å². The second kappa shape index (κ2) is 9.57. The number of carbonyl (C=O) groups excluding carboxylic acids is 1. The summed E-state index contributed by atoms with van der Waals surface area (Å²) in [5, 5.41) is 3.00. The number of nitrogens with one attached hydrogen (secondary N) is 1. The van der Waals surface area contributed by atoms with Gasteiger partial charge in [-0.05, 0) is 81.9 Å². The van der Waals surface area contributed by atoms with Crippen LogP contribution in [-0.4, -0.2) is 42.6 Å². The Morgan fingerprint density at radius 3 is 2.38 bits per heavy atom. The highest BCUT2D eigenvalue weighted by atomic mass is 16.1. The fraction of sp³-hybridized carbons (Fsp3) is 0.320. The Bertz CT molecular complexity index is 954. The minimum Gasteiger partial charge on any atom is -0.352 e. The molecule has 3 rings (SSSR count). The fourth-order valence-electron chi connectivity index (χ4n) is 3.57. The van der Waals surface area contributed by atoms with E-state index in [0.717, 1.165) is 30.6 Å². The Hall–Kier alpha value is -2.85. The molecule has 0 saturated carbocycles. The first kappa shape index (κ1) is 20.9. The van der Waals surface area contributed by atoms with E-state index in [0.29, 0.717) is 12.1 Å². The third-order valence-corrected chi connectivity index (χ3v) is 5.19. The van der Waals surface area contributed by atoms with Crippen LogP contribution in [0.15, 0.2) is 60.7 Å². The predicted octanol–water partition coefficient (Wildman–Crippen LogP) is 4.70. The van der Waals surface area contributed by atoms with Gasteiger partial charge in [0.25, 0.3) is 5.91 Å². The second-order valence-corrected chi connectivity index (χ2v) is 7.68. The number of aryl methyl sites for hydroxylation is 2. The van der Waals surface area contributed by atoms with E-state index in [1.54, 1.807) is 0 Å². The summed E-state index contributed by atoms with van der Waals surface area (Å²) in [6.45, 7) is 5.98. The van der Waals surface area contributed by atoms with E-state index in [-0.39, 0.29) is 5.91 Å². The van der Waals surface area contributed by atoms with Gasteiger partial charge in [0.15, 0.2) is 0 Å². The van der Waals surface area contributed by atoms with Gasteiger partial charge in [-0.25, -0.2) is 0 Å². The summed E-state index contributed by atoms with van der Waals surface area (Å²) in [5.41, 5.74) is 6.67. The number of hydrogen-bond donors (Lipinski definition) is 1. The highest BCUT2D eigenvalue weighted by Crippen LogP contribution is 2.28. The fourth-order valence-corrected chi connectivity index (χ4v) is 3.57. The third-order valence-electron chi connectivity index (χ3n) is 5.19.